The van der Waals surface area contributed by atoms with E-state index in [1.807, 2.05) is 54.6 Å². The molecule has 3 aromatic carbocycles. The predicted molar refractivity (Wildman–Crippen MR) is 127 cm³/mol. The van der Waals surface area contributed by atoms with Crippen LogP contribution in [0.3, 0.4) is 0 Å². The van der Waals surface area contributed by atoms with Crippen LogP contribution in [-0.2, 0) is 10.6 Å². The molecule has 7 heteroatoms. The summed E-state index contributed by atoms with van der Waals surface area (Å²) in [6.45, 7) is 0.641. The topological polar surface area (TPSA) is 93.1 Å². The molecule has 0 bridgehead atoms. The normalized spacial score (nSPS) is 24.9. The molecule has 34 heavy (non-hydrogen) atoms. The van der Waals surface area contributed by atoms with Gasteiger partial charge in [0.2, 0.25) is 11.7 Å². The first-order chi connectivity index (χ1) is 16.6. The van der Waals surface area contributed by atoms with Crippen LogP contribution in [0.15, 0.2) is 71.7 Å². The number of hydroxylamine groups is 2. The fourth-order valence-electron chi connectivity index (χ4n) is 5.19. The van der Waals surface area contributed by atoms with Gasteiger partial charge in [-0.05, 0) is 47.9 Å². The van der Waals surface area contributed by atoms with Gasteiger partial charge in [-0.3, -0.25) is 0 Å². The first kappa shape index (κ1) is 20.6. The molecular weight excluding hydrogens is 428 g/mol. The molecule has 3 aromatic rings. The summed E-state index contributed by atoms with van der Waals surface area (Å²) in [6.07, 6.45) is 1.21. The number of nitriles is 1. The van der Waals surface area contributed by atoms with Crippen molar-refractivity contribution in [2.45, 2.75) is 30.6 Å². The van der Waals surface area contributed by atoms with Crippen molar-refractivity contribution in [3.05, 3.63) is 83.4 Å². The summed E-state index contributed by atoms with van der Waals surface area (Å²) in [4.78, 5) is 11.1. The Morgan fingerprint density at radius 3 is 2.74 bits per heavy atom. The first-order valence-corrected chi connectivity index (χ1v) is 11.4. The molecule has 1 spiro atoms. The van der Waals surface area contributed by atoms with E-state index in [0.29, 0.717) is 24.6 Å². The molecule has 2 N–H and O–H groups in total. The Labute approximate surface area is 197 Å². The first-order valence-electron chi connectivity index (χ1n) is 11.4. The summed E-state index contributed by atoms with van der Waals surface area (Å²) >= 11 is 0. The van der Waals surface area contributed by atoms with Crippen LogP contribution in [-0.4, -0.2) is 30.8 Å². The van der Waals surface area contributed by atoms with Crippen molar-refractivity contribution in [3.8, 4) is 28.7 Å². The average molecular weight is 453 g/mol. The number of hydrogen-bond donors (Lipinski definition) is 1. The summed E-state index contributed by atoms with van der Waals surface area (Å²) in [5.74, 6) is 2.11. The summed E-state index contributed by atoms with van der Waals surface area (Å²) in [7, 11) is 1.77. The molecule has 0 aliphatic carbocycles. The number of benzene rings is 3. The Morgan fingerprint density at radius 1 is 1.06 bits per heavy atom. The van der Waals surface area contributed by atoms with E-state index < -0.39 is 5.72 Å². The minimum absolute atomic E-state index is 0.146. The highest BCUT2D eigenvalue weighted by Crippen LogP contribution is 2.51. The average Bonchev–Trinajstić information content (AvgIpc) is 3.16. The van der Waals surface area contributed by atoms with Gasteiger partial charge in [-0.25, -0.2) is 14.9 Å². The second-order valence-corrected chi connectivity index (χ2v) is 8.89. The van der Waals surface area contributed by atoms with Gasteiger partial charge in [0.05, 0.1) is 23.8 Å². The molecular formula is C27H24N4O3. The minimum Gasteiger partial charge on any atom is -0.493 e. The molecule has 1 unspecified atom stereocenters. The van der Waals surface area contributed by atoms with Gasteiger partial charge in [-0.2, -0.15) is 5.26 Å². The predicted octanol–water partition coefficient (Wildman–Crippen LogP) is 4.29. The summed E-state index contributed by atoms with van der Waals surface area (Å²) in [6, 6.07) is 23.9. The zero-order valence-corrected chi connectivity index (χ0v) is 18.8. The van der Waals surface area contributed by atoms with Gasteiger partial charge in [-0.1, -0.05) is 36.4 Å². The van der Waals surface area contributed by atoms with Crippen LogP contribution in [0.25, 0.3) is 11.1 Å². The molecule has 0 aromatic heterocycles. The number of aliphatic imine (C=N–C) groups is 1. The van der Waals surface area contributed by atoms with Crippen LogP contribution in [0.1, 0.15) is 35.4 Å². The number of fused-ring (bicyclic) bond motifs is 3. The molecule has 3 aliphatic heterocycles. The van der Waals surface area contributed by atoms with Crippen LogP contribution in [0.5, 0.6) is 11.5 Å². The monoisotopic (exact) mass is 452 g/mol. The van der Waals surface area contributed by atoms with Gasteiger partial charge in [0.15, 0.2) is 0 Å². The molecule has 3 atom stereocenters. The molecule has 0 fully saturated rings. The highest BCUT2D eigenvalue weighted by Gasteiger charge is 2.51. The van der Waals surface area contributed by atoms with E-state index in [0.717, 1.165) is 40.2 Å². The molecule has 7 nitrogen and oxygen atoms in total. The van der Waals surface area contributed by atoms with Crippen LogP contribution >= 0.6 is 0 Å². The van der Waals surface area contributed by atoms with Gasteiger partial charge < -0.3 is 15.2 Å². The summed E-state index contributed by atoms with van der Waals surface area (Å²) in [5.41, 5.74) is 9.69. The van der Waals surface area contributed by atoms with Crippen molar-refractivity contribution in [2.75, 3.05) is 13.7 Å². The lowest BCUT2D eigenvalue weighted by atomic mass is 9.81. The second kappa shape index (κ2) is 7.79. The number of rotatable bonds is 2. The highest BCUT2D eigenvalue weighted by molar-refractivity contribution is 5.79. The van der Waals surface area contributed by atoms with E-state index in [1.54, 1.807) is 13.1 Å². The third-order valence-electron chi connectivity index (χ3n) is 6.84. The Kier molecular flexibility index (Phi) is 4.71. The van der Waals surface area contributed by atoms with E-state index in [-0.39, 0.29) is 12.0 Å². The van der Waals surface area contributed by atoms with Gasteiger partial charge in [-0.15, -0.1) is 0 Å². The number of guanidine groups is 1. The SMILES string of the molecule is CN1O[C@@]2(C[C@H](C3CCOc4ccccc43)Oc3ccc(-c4cccc(C#N)c4)cc32)N=C1N. The summed E-state index contributed by atoms with van der Waals surface area (Å²) < 4.78 is 12.5. The number of hydrogen-bond acceptors (Lipinski definition) is 7. The molecule has 0 radical (unpaired) electrons. The largest absolute Gasteiger partial charge is 0.493 e. The Bertz CT molecular complexity index is 1350. The fourth-order valence-corrected chi connectivity index (χ4v) is 5.19. The summed E-state index contributed by atoms with van der Waals surface area (Å²) in [5, 5.41) is 10.8. The number of nitrogens with two attached hydrogens (primary N) is 1. The Hall–Kier alpha value is -4.02. The quantitative estimate of drug-likeness (QED) is 0.624. The lowest BCUT2D eigenvalue weighted by Gasteiger charge is -2.41. The Balaban J connectivity index is 1.44. The van der Waals surface area contributed by atoms with Crippen LogP contribution < -0.4 is 15.2 Å². The number of ether oxygens (including phenoxy) is 2. The minimum atomic E-state index is -0.979. The maximum Gasteiger partial charge on any atom is 0.221 e. The zero-order valence-electron chi connectivity index (χ0n) is 18.8. The molecule has 6 rings (SSSR count). The molecule has 0 saturated carbocycles. The third kappa shape index (κ3) is 3.27. The maximum atomic E-state index is 9.31. The van der Waals surface area contributed by atoms with Crippen molar-refractivity contribution < 1.29 is 14.3 Å². The lowest BCUT2D eigenvalue weighted by molar-refractivity contribution is -0.192. The van der Waals surface area contributed by atoms with Crippen molar-refractivity contribution in [1.82, 2.24) is 5.06 Å². The van der Waals surface area contributed by atoms with Crippen molar-refractivity contribution in [1.29, 1.82) is 5.26 Å². The number of nitrogens with zero attached hydrogens (tertiary/aromatic N) is 3. The van der Waals surface area contributed by atoms with Gasteiger partial charge >= 0.3 is 0 Å². The molecule has 0 saturated heterocycles. The van der Waals surface area contributed by atoms with Crippen molar-refractivity contribution in [2.24, 2.45) is 10.7 Å². The van der Waals surface area contributed by atoms with Gasteiger partial charge in [0, 0.05) is 24.9 Å². The van der Waals surface area contributed by atoms with Crippen LogP contribution in [0.2, 0.25) is 0 Å². The van der Waals surface area contributed by atoms with Crippen molar-refractivity contribution >= 4 is 5.96 Å². The fraction of sp³-hybridized carbons (Fsp3) is 0.259. The molecule has 170 valence electrons. The lowest BCUT2D eigenvalue weighted by Crippen LogP contribution is -2.42. The van der Waals surface area contributed by atoms with Crippen LogP contribution in [0.4, 0.5) is 0 Å². The standard InChI is InChI=1S/C27H24N4O3/c1-31-26(29)30-27(34-31)15-25(21-11-12-32-23-8-3-2-7-20(21)23)33-24-10-9-19(14-22(24)27)18-6-4-5-17(13-18)16-28/h2-10,13-14,21,25H,11-12,15H2,1H3,(H2,29,30)/t21?,25-,27-/m1/s1. The van der Waals surface area contributed by atoms with Crippen LogP contribution in [0, 0.1) is 11.3 Å². The smallest absolute Gasteiger partial charge is 0.221 e. The van der Waals surface area contributed by atoms with Gasteiger partial charge in [0.25, 0.3) is 0 Å². The van der Waals surface area contributed by atoms with E-state index in [1.165, 1.54) is 5.06 Å². The molecule has 0 amide bonds. The molecule has 3 aliphatic rings. The van der Waals surface area contributed by atoms with Crippen molar-refractivity contribution in [3.63, 3.8) is 0 Å². The zero-order chi connectivity index (χ0) is 23.3. The third-order valence-corrected chi connectivity index (χ3v) is 6.84. The van der Waals surface area contributed by atoms with Gasteiger partial charge in [0.1, 0.15) is 17.6 Å². The van der Waals surface area contributed by atoms with E-state index >= 15 is 0 Å². The number of para-hydroxylation sites is 1. The highest BCUT2D eigenvalue weighted by atomic mass is 16.7. The Morgan fingerprint density at radius 2 is 1.91 bits per heavy atom. The second-order valence-electron chi connectivity index (χ2n) is 8.89. The molecule has 3 heterocycles. The van der Waals surface area contributed by atoms with E-state index in [9.17, 15) is 5.26 Å². The van der Waals surface area contributed by atoms with E-state index in [2.05, 4.69) is 12.1 Å². The maximum absolute atomic E-state index is 9.31. The van der Waals surface area contributed by atoms with E-state index in [4.69, 9.17) is 25.0 Å².